The van der Waals surface area contributed by atoms with E-state index in [2.05, 4.69) is 10.6 Å². The second-order valence-electron chi connectivity index (χ2n) is 10.0. The van der Waals surface area contributed by atoms with Crippen molar-refractivity contribution >= 4 is 17.4 Å². The Balaban J connectivity index is 1.54. The van der Waals surface area contributed by atoms with Crippen molar-refractivity contribution in [2.24, 2.45) is 0 Å². The molecule has 5 rings (SSSR count). The van der Waals surface area contributed by atoms with Crippen molar-refractivity contribution in [1.29, 1.82) is 0 Å². The first-order valence-corrected chi connectivity index (χ1v) is 12.9. The van der Waals surface area contributed by atoms with Crippen molar-refractivity contribution < 1.29 is 24.2 Å². The molecule has 3 aromatic rings. The molecule has 3 N–H and O–H groups in total. The van der Waals surface area contributed by atoms with Gasteiger partial charge in [0.25, 0.3) is 5.91 Å². The van der Waals surface area contributed by atoms with Crippen molar-refractivity contribution in [2.45, 2.75) is 38.5 Å². The topological polar surface area (TPSA) is 96.9 Å². The van der Waals surface area contributed by atoms with Crippen LogP contribution in [0.3, 0.4) is 0 Å². The maximum absolute atomic E-state index is 13.9. The van der Waals surface area contributed by atoms with Gasteiger partial charge in [-0.2, -0.15) is 0 Å². The number of hydrogen-bond acceptors (Lipinski definition) is 6. The number of phenols is 1. The highest BCUT2D eigenvalue weighted by Crippen LogP contribution is 2.46. The lowest BCUT2D eigenvalue weighted by atomic mass is 9.71. The summed E-state index contributed by atoms with van der Waals surface area (Å²) >= 11 is 0. The Hall–Kier alpha value is -4.52. The van der Waals surface area contributed by atoms with Gasteiger partial charge in [0.1, 0.15) is 5.75 Å². The van der Waals surface area contributed by atoms with E-state index in [0.29, 0.717) is 46.0 Å². The molecule has 2 aliphatic rings. The minimum absolute atomic E-state index is 0.0370. The lowest BCUT2D eigenvalue weighted by Crippen LogP contribution is -2.37. The second kappa shape index (κ2) is 10.7. The van der Waals surface area contributed by atoms with Crippen molar-refractivity contribution in [1.82, 2.24) is 5.32 Å². The summed E-state index contributed by atoms with van der Waals surface area (Å²) in [4.78, 5) is 27.6. The van der Waals surface area contributed by atoms with Crippen LogP contribution in [0.25, 0.3) is 0 Å². The fraction of sp³-hybridized carbons (Fsp3) is 0.250. The summed E-state index contributed by atoms with van der Waals surface area (Å²) in [7, 11) is 3.18. The molecule has 0 unspecified atom stereocenters. The third-order valence-electron chi connectivity index (χ3n) is 7.46. The largest absolute Gasteiger partial charge is 0.508 e. The number of aromatic hydroxyl groups is 1. The van der Waals surface area contributed by atoms with E-state index in [1.165, 1.54) is 0 Å². The molecule has 7 heteroatoms. The molecular formula is C32H32N2O5. The van der Waals surface area contributed by atoms with Crippen LogP contribution in [0.4, 0.5) is 5.69 Å². The number of hydrogen-bond donors (Lipinski definition) is 3. The Morgan fingerprint density at radius 3 is 2.36 bits per heavy atom. The zero-order valence-corrected chi connectivity index (χ0v) is 22.5. The van der Waals surface area contributed by atoms with Gasteiger partial charge in [0, 0.05) is 40.6 Å². The van der Waals surface area contributed by atoms with E-state index in [0.717, 1.165) is 16.8 Å². The van der Waals surface area contributed by atoms with E-state index >= 15 is 0 Å². The van der Waals surface area contributed by atoms with Gasteiger partial charge in [-0.3, -0.25) is 9.59 Å². The van der Waals surface area contributed by atoms with Gasteiger partial charge in [0.15, 0.2) is 17.3 Å². The average Bonchev–Trinajstić information content (AvgIpc) is 2.92. The number of Topliss-reactive ketones (excluding diaryl/α,β-unsaturated/α-hetero) is 1. The number of anilines is 1. The van der Waals surface area contributed by atoms with Crippen LogP contribution in [0.15, 0.2) is 89.3 Å². The predicted octanol–water partition coefficient (Wildman–Crippen LogP) is 5.72. The highest BCUT2D eigenvalue weighted by molar-refractivity contribution is 6.10. The second-order valence-corrected chi connectivity index (χ2v) is 10.0. The normalized spacial score (nSPS) is 18.8. The number of carbonyl (C=O) groups excluding carboxylic acids is 2. The van der Waals surface area contributed by atoms with E-state index in [1.807, 2.05) is 62.4 Å². The molecule has 0 saturated carbocycles. The Bertz CT molecular complexity index is 1500. The molecule has 1 heterocycles. The van der Waals surface area contributed by atoms with E-state index in [4.69, 9.17) is 9.47 Å². The Kier molecular flexibility index (Phi) is 7.15. The van der Waals surface area contributed by atoms with E-state index in [-0.39, 0.29) is 29.8 Å². The van der Waals surface area contributed by atoms with Gasteiger partial charge < -0.3 is 25.2 Å². The third kappa shape index (κ3) is 5.12. The van der Waals surface area contributed by atoms with Crippen molar-refractivity contribution in [3.05, 3.63) is 106 Å². The summed E-state index contributed by atoms with van der Waals surface area (Å²) in [6.45, 7) is 3.84. The monoisotopic (exact) mass is 524 g/mol. The molecule has 0 bridgehead atoms. The van der Waals surface area contributed by atoms with Gasteiger partial charge in [-0.25, -0.2) is 0 Å². The number of dihydropyridines is 1. The van der Waals surface area contributed by atoms with E-state index in [9.17, 15) is 14.7 Å². The summed E-state index contributed by atoms with van der Waals surface area (Å²) in [5.74, 6) is 0.314. The maximum atomic E-state index is 13.9. The Morgan fingerprint density at radius 2 is 1.67 bits per heavy atom. The number of nitrogens with one attached hydrogen (secondary N) is 2. The SMILES string of the molecule is COc1ccc([C@@H]2CC(=O)C3=C(C2)NC(C)=C(C(=O)Nc2ccc(C)cc2)[C@@H]3c2cccc(O)c2)cc1OC. The molecule has 7 nitrogen and oxygen atoms in total. The number of aryl methyl sites for hydroxylation is 1. The van der Waals surface area contributed by atoms with Crippen LogP contribution in [-0.2, 0) is 9.59 Å². The number of rotatable bonds is 6. The standard InChI is InChI=1S/C32H32N2O5/c1-18-8-11-23(12-9-18)34-32(37)29-19(2)33-25-15-22(20-10-13-27(38-3)28(17-20)39-4)16-26(36)31(25)30(29)21-6-5-7-24(35)14-21/h5-14,17,22,30,33,35H,15-16H2,1-4H3,(H,34,37)/t22-,30-/m0/s1. The quantitative estimate of drug-likeness (QED) is 0.382. The lowest BCUT2D eigenvalue weighted by Gasteiger charge is -2.37. The minimum atomic E-state index is -0.613. The number of methoxy groups -OCH3 is 2. The van der Waals surface area contributed by atoms with Gasteiger partial charge >= 0.3 is 0 Å². The minimum Gasteiger partial charge on any atom is -0.508 e. The maximum Gasteiger partial charge on any atom is 0.254 e. The first-order valence-electron chi connectivity index (χ1n) is 12.9. The van der Waals surface area contributed by atoms with E-state index < -0.39 is 5.92 Å². The first-order chi connectivity index (χ1) is 18.8. The molecule has 2 atom stereocenters. The van der Waals surface area contributed by atoms with Gasteiger partial charge in [-0.1, -0.05) is 35.9 Å². The van der Waals surface area contributed by atoms with Gasteiger partial charge in [-0.05, 0) is 73.7 Å². The molecule has 0 saturated heterocycles. The Labute approximate surface area is 228 Å². The van der Waals surface area contributed by atoms with Crippen LogP contribution < -0.4 is 20.1 Å². The lowest BCUT2D eigenvalue weighted by molar-refractivity contribution is -0.116. The zero-order valence-electron chi connectivity index (χ0n) is 22.5. The summed E-state index contributed by atoms with van der Waals surface area (Å²) in [5.41, 5.74) is 5.92. The van der Waals surface area contributed by atoms with Crippen LogP contribution in [0.5, 0.6) is 17.2 Å². The molecular weight excluding hydrogens is 492 g/mol. The molecule has 1 aliphatic carbocycles. The number of phenolic OH excluding ortho intramolecular Hbond substituents is 1. The smallest absolute Gasteiger partial charge is 0.254 e. The average molecular weight is 525 g/mol. The molecule has 39 heavy (non-hydrogen) atoms. The number of benzene rings is 3. The third-order valence-corrected chi connectivity index (χ3v) is 7.46. The summed E-state index contributed by atoms with van der Waals surface area (Å²) in [6, 6.07) is 20.1. The molecule has 0 fully saturated rings. The zero-order chi connectivity index (χ0) is 27.7. The van der Waals surface area contributed by atoms with Crippen LogP contribution in [-0.4, -0.2) is 31.0 Å². The van der Waals surface area contributed by atoms with Crippen molar-refractivity contribution in [3.63, 3.8) is 0 Å². The summed E-state index contributed by atoms with van der Waals surface area (Å²) in [6.07, 6.45) is 0.882. The van der Waals surface area contributed by atoms with Crippen molar-refractivity contribution in [2.75, 3.05) is 19.5 Å². The highest BCUT2D eigenvalue weighted by atomic mass is 16.5. The van der Waals surface area contributed by atoms with Crippen LogP contribution >= 0.6 is 0 Å². The van der Waals surface area contributed by atoms with Crippen LogP contribution in [0.2, 0.25) is 0 Å². The van der Waals surface area contributed by atoms with Crippen molar-refractivity contribution in [3.8, 4) is 17.2 Å². The fourth-order valence-corrected chi connectivity index (χ4v) is 5.56. The molecule has 3 aromatic carbocycles. The molecule has 0 aromatic heterocycles. The number of ketones is 1. The molecule has 0 radical (unpaired) electrons. The Morgan fingerprint density at radius 1 is 0.923 bits per heavy atom. The number of allylic oxidation sites excluding steroid dienone is 3. The molecule has 0 spiro atoms. The number of ether oxygens (including phenoxy) is 2. The molecule has 1 aliphatic heterocycles. The summed E-state index contributed by atoms with van der Waals surface area (Å²) in [5, 5.41) is 16.7. The first kappa shape index (κ1) is 26.1. The predicted molar refractivity (Wildman–Crippen MR) is 150 cm³/mol. The molecule has 1 amide bonds. The highest BCUT2D eigenvalue weighted by Gasteiger charge is 2.41. The number of carbonyl (C=O) groups is 2. The van der Waals surface area contributed by atoms with E-state index in [1.54, 1.807) is 32.4 Å². The van der Waals surface area contributed by atoms with Crippen LogP contribution in [0.1, 0.15) is 48.3 Å². The van der Waals surface area contributed by atoms with Gasteiger partial charge in [-0.15, -0.1) is 0 Å². The van der Waals surface area contributed by atoms with Crippen LogP contribution in [0, 0.1) is 6.92 Å². The van der Waals surface area contributed by atoms with Gasteiger partial charge in [0.2, 0.25) is 0 Å². The van der Waals surface area contributed by atoms with Gasteiger partial charge in [0.05, 0.1) is 14.2 Å². The molecule has 200 valence electrons. The summed E-state index contributed by atoms with van der Waals surface area (Å²) < 4.78 is 10.9. The fourth-order valence-electron chi connectivity index (χ4n) is 5.56. The number of amides is 1.